The lowest BCUT2D eigenvalue weighted by molar-refractivity contribution is -0.384. The molecule has 104 valence electrons. The fourth-order valence-corrected chi connectivity index (χ4v) is 2.47. The van der Waals surface area contributed by atoms with Crippen molar-refractivity contribution in [1.29, 1.82) is 0 Å². The van der Waals surface area contributed by atoms with Crippen LogP contribution < -0.4 is 4.74 Å². The van der Waals surface area contributed by atoms with Crippen molar-refractivity contribution in [1.82, 2.24) is 0 Å². The minimum absolute atomic E-state index is 0.0549. The molecular formula is C14H11Br2NO3. The summed E-state index contributed by atoms with van der Waals surface area (Å²) in [7, 11) is 0. The molecule has 0 spiro atoms. The zero-order chi connectivity index (χ0) is 14.7. The van der Waals surface area contributed by atoms with Crippen LogP contribution in [0.2, 0.25) is 0 Å². The molecule has 0 saturated carbocycles. The first-order valence-corrected chi connectivity index (χ1v) is 7.38. The molecule has 0 aromatic heterocycles. The molecule has 0 radical (unpaired) electrons. The van der Waals surface area contributed by atoms with Gasteiger partial charge in [-0.3, -0.25) is 10.1 Å². The van der Waals surface area contributed by atoms with Crippen molar-refractivity contribution in [2.45, 2.75) is 13.5 Å². The third-order valence-electron chi connectivity index (χ3n) is 2.78. The maximum Gasteiger partial charge on any atom is 0.270 e. The third kappa shape index (κ3) is 3.58. The van der Waals surface area contributed by atoms with Crippen LogP contribution in [0.15, 0.2) is 45.3 Å². The lowest BCUT2D eigenvalue weighted by atomic mass is 10.2. The molecule has 2 aromatic carbocycles. The van der Waals surface area contributed by atoms with E-state index in [1.807, 2.05) is 25.1 Å². The van der Waals surface area contributed by atoms with E-state index in [2.05, 4.69) is 31.9 Å². The fourth-order valence-electron chi connectivity index (χ4n) is 1.65. The van der Waals surface area contributed by atoms with Gasteiger partial charge in [0.25, 0.3) is 5.69 Å². The minimum atomic E-state index is -0.423. The Balaban J connectivity index is 2.15. The Hall–Kier alpha value is -1.40. The SMILES string of the molecule is Cc1ccc(Br)cc1OCc1ccc([N+](=O)[O-])cc1Br. The molecule has 4 nitrogen and oxygen atoms in total. The Kier molecular flexibility index (Phi) is 4.77. The van der Waals surface area contributed by atoms with Crippen LogP contribution in [0.1, 0.15) is 11.1 Å². The number of rotatable bonds is 4. The van der Waals surface area contributed by atoms with E-state index in [1.54, 1.807) is 6.07 Å². The lowest BCUT2D eigenvalue weighted by Gasteiger charge is -2.10. The largest absolute Gasteiger partial charge is 0.489 e. The second kappa shape index (κ2) is 6.37. The minimum Gasteiger partial charge on any atom is -0.489 e. The number of non-ortho nitro benzene ring substituents is 1. The normalized spacial score (nSPS) is 10.3. The van der Waals surface area contributed by atoms with E-state index < -0.39 is 4.92 Å². The average Bonchev–Trinajstić information content (AvgIpc) is 2.40. The van der Waals surface area contributed by atoms with Crippen LogP contribution in [0.25, 0.3) is 0 Å². The van der Waals surface area contributed by atoms with Crippen molar-refractivity contribution >= 4 is 37.5 Å². The standard InChI is InChI=1S/C14H11Br2NO3/c1-9-2-4-11(15)6-14(9)20-8-10-3-5-12(17(18)19)7-13(10)16/h2-7H,8H2,1H3. The maximum absolute atomic E-state index is 10.7. The van der Waals surface area contributed by atoms with Gasteiger partial charge in [0, 0.05) is 26.6 Å². The highest BCUT2D eigenvalue weighted by Crippen LogP contribution is 2.27. The van der Waals surface area contributed by atoms with Gasteiger partial charge in [-0.15, -0.1) is 0 Å². The smallest absolute Gasteiger partial charge is 0.270 e. The molecule has 2 rings (SSSR count). The number of nitrogens with zero attached hydrogens (tertiary/aromatic N) is 1. The van der Waals surface area contributed by atoms with Crippen molar-refractivity contribution in [3.63, 3.8) is 0 Å². The van der Waals surface area contributed by atoms with Gasteiger partial charge < -0.3 is 4.74 Å². The van der Waals surface area contributed by atoms with Crippen LogP contribution in [0.4, 0.5) is 5.69 Å². The van der Waals surface area contributed by atoms with Crippen molar-refractivity contribution in [2.24, 2.45) is 0 Å². The Morgan fingerprint density at radius 3 is 2.60 bits per heavy atom. The number of nitro groups is 1. The maximum atomic E-state index is 10.7. The van der Waals surface area contributed by atoms with E-state index >= 15 is 0 Å². The molecule has 0 aliphatic carbocycles. The summed E-state index contributed by atoms with van der Waals surface area (Å²) in [6.45, 7) is 2.31. The topological polar surface area (TPSA) is 52.4 Å². The van der Waals surface area contributed by atoms with Crippen molar-refractivity contribution in [2.75, 3.05) is 0 Å². The van der Waals surface area contributed by atoms with E-state index in [0.717, 1.165) is 21.3 Å². The number of hydrogen-bond acceptors (Lipinski definition) is 3. The summed E-state index contributed by atoms with van der Waals surface area (Å²) in [5, 5.41) is 10.7. The third-order valence-corrected chi connectivity index (χ3v) is 4.01. The summed E-state index contributed by atoms with van der Waals surface area (Å²) >= 11 is 6.73. The van der Waals surface area contributed by atoms with Gasteiger partial charge in [-0.1, -0.05) is 37.9 Å². The van der Waals surface area contributed by atoms with Crippen LogP contribution in [0, 0.1) is 17.0 Å². The highest BCUT2D eigenvalue weighted by atomic mass is 79.9. The number of halogens is 2. The quantitative estimate of drug-likeness (QED) is 0.535. The molecular weight excluding hydrogens is 390 g/mol. The molecule has 0 unspecified atom stereocenters. The molecule has 0 amide bonds. The lowest BCUT2D eigenvalue weighted by Crippen LogP contribution is -1.99. The molecule has 2 aromatic rings. The Morgan fingerprint density at radius 1 is 1.20 bits per heavy atom. The van der Waals surface area contributed by atoms with Gasteiger partial charge in [0.15, 0.2) is 0 Å². The van der Waals surface area contributed by atoms with Crippen LogP contribution in [-0.2, 0) is 6.61 Å². The molecule has 20 heavy (non-hydrogen) atoms. The van der Waals surface area contributed by atoms with Crippen LogP contribution >= 0.6 is 31.9 Å². The molecule has 0 bridgehead atoms. The first-order chi connectivity index (χ1) is 9.47. The highest BCUT2D eigenvalue weighted by Gasteiger charge is 2.10. The van der Waals surface area contributed by atoms with Gasteiger partial charge in [-0.25, -0.2) is 0 Å². The summed E-state index contributed by atoms with van der Waals surface area (Å²) in [4.78, 5) is 10.3. The van der Waals surface area contributed by atoms with Crippen LogP contribution in [0.5, 0.6) is 5.75 Å². The number of nitro benzene ring substituents is 1. The summed E-state index contributed by atoms with van der Waals surface area (Å²) < 4.78 is 7.37. The molecule has 0 fully saturated rings. The van der Waals surface area contributed by atoms with E-state index in [0.29, 0.717) is 11.1 Å². The first kappa shape index (κ1) is 15.0. The Bertz CT molecular complexity index is 659. The Labute approximate surface area is 133 Å². The summed E-state index contributed by atoms with van der Waals surface area (Å²) in [6.07, 6.45) is 0. The number of benzene rings is 2. The molecule has 0 atom stereocenters. The van der Waals surface area contributed by atoms with Gasteiger partial charge in [-0.05, 0) is 30.7 Å². The van der Waals surface area contributed by atoms with Crippen molar-refractivity contribution < 1.29 is 9.66 Å². The van der Waals surface area contributed by atoms with E-state index in [1.165, 1.54) is 12.1 Å². The van der Waals surface area contributed by atoms with E-state index in [9.17, 15) is 10.1 Å². The fraction of sp³-hybridized carbons (Fsp3) is 0.143. The monoisotopic (exact) mass is 399 g/mol. The number of hydrogen-bond donors (Lipinski definition) is 0. The second-order valence-electron chi connectivity index (χ2n) is 4.23. The van der Waals surface area contributed by atoms with Gasteiger partial charge in [-0.2, -0.15) is 0 Å². The summed E-state index contributed by atoms with van der Waals surface area (Å²) in [6, 6.07) is 10.4. The molecule has 6 heteroatoms. The summed E-state index contributed by atoms with van der Waals surface area (Å²) in [5.41, 5.74) is 1.94. The molecule has 0 aliphatic rings. The van der Waals surface area contributed by atoms with Crippen LogP contribution in [0.3, 0.4) is 0 Å². The first-order valence-electron chi connectivity index (χ1n) is 5.79. The van der Waals surface area contributed by atoms with Gasteiger partial charge in [0.05, 0.1) is 4.92 Å². The van der Waals surface area contributed by atoms with E-state index in [4.69, 9.17) is 4.74 Å². The summed E-state index contributed by atoms with van der Waals surface area (Å²) in [5.74, 6) is 0.782. The van der Waals surface area contributed by atoms with E-state index in [-0.39, 0.29) is 5.69 Å². The van der Waals surface area contributed by atoms with Crippen molar-refractivity contribution in [3.8, 4) is 5.75 Å². The second-order valence-corrected chi connectivity index (χ2v) is 6.00. The predicted octanol–water partition coefficient (Wildman–Crippen LogP) is 5.01. The highest BCUT2D eigenvalue weighted by molar-refractivity contribution is 9.10. The predicted molar refractivity (Wildman–Crippen MR) is 84.0 cm³/mol. The van der Waals surface area contributed by atoms with Crippen molar-refractivity contribution in [3.05, 3.63) is 66.6 Å². The van der Waals surface area contributed by atoms with Crippen LogP contribution in [-0.4, -0.2) is 4.92 Å². The molecule has 0 N–H and O–H groups in total. The molecule has 0 saturated heterocycles. The average molecular weight is 401 g/mol. The number of aryl methyl sites for hydroxylation is 1. The zero-order valence-electron chi connectivity index (χ0n) is 10.6. The Morgan fingerprint density at radius 2 is 1.95 bits per heavy atom. The zero-order valence-corrected chi connectivity index (χ0v) is 13.8. The van der Waals surface area contributed by atoms with Gasteiger partial charge >= 0.3 is 0 Å². The molecule has 0 heterocycles. The number of ether oxygens (including phenoxy) is 1. The molecule has 0 aliphatic heterocycles. The van der Waals surface area contributed by atoms with Gasteiger partial charge in [0.1, 0.15) is 12.4 Å². The van der Waals surface area contributed by atoms with Gasteiger partial charge in [0.2, 0.25) is 0 Å².